The van der Waals surface area contributed by atoms with E-state index in [-0.39, 0.29) is 33.2 Å². The zero-order chi connectivity index (χ0) is 24.3. The van der Waals surface area contributed by atoms with Crippen molar-refractivity contribution in [1.82, 2.24) is 9.72 Å². The van der Waals surface area contributed by atoms with Crippen LogP contribution in [0, 0.1) is 5.82 Å². The first-order valence-corrected chi connectivity index (χ1v) is 11.4. The van der Waals surface area contributed by atoms with E-state index in [9.17, 15) is 26.4 Å². The van der Waals surface area contributed by atoms with Crippen molar-refractivity contribution in [3.8, 4) is 11.4 Å². The Balaban J connectivity index is 1.63. The second kappa shape index (κ2) is 7.62. The summed E-state index contributed by atoms with van der Waals surface area (Å²) in [5.74, 6) is -5.10. The fourth-order valence-electron chi connectivity index (χ4n) is 3.82. The van der Waals surface area contributed by atoms with Gasteiger partial charge in [-0.15, -0.1) is 0 Å². The number of aromatic nitrogens is 2. The van der Waals surface area contributed by atoms with E-state index in [1.807, 2.05) is 0 Å². The molecule has 1 unspecified atom stereocenters. The Morgan fingerprint density at radius 3 is 2.59 bits per heavy atom. The smallest absolute Gasteiger partial charge is 0.263 e. The lowest BCUT2D eigenvalue weighted by Crippen LogP contribution is -2.19. The lowest BCUT2D eigenvalue weighted by molar-refractivity contribution is 0.111. The average molecular weight is 491 g/mol. The summed E-state index contributed by atoms with van der Waals surface area (Å²) in [6.45, 7) is 0. The lowest BCUT2D eigenvalue weighted by Gasteiger charge is -2.16. The molecule has 1 N–H and O–H groups in total. The molecule has 34 heavy (non-hydrogen) atoms. The minimum absolute atomic E-state index is 0.000328. The van der Waals surface area contributed by atoms with E-state index in [1.54, 1.807) is 0 Å². The molecule has 0 bridgehead atoms. The van der Waals surface area contributed by atoms with E-state index in [0.29, 0.717) is 5.39 Å². The normalized spacial score (nSPS) is 17.0. The Kier molecular flexibility index (Phi) is 4.93. The summed E-state index contributed by atoms with van der Waals surface area (Å²) < 4.78 is 80.5. The number of hydrogen-bond acceptors (Lipinski definition) is 6. The molecule has 5 rings (SSSR count). The molecule has 1 saturated carbocycles. The number of anilines is 1. The van der Waals surface area contributed by atoms with Crippen molar-refractivity contribution >= 4 is 26.7 Å². The molecule has 4 aromatic rings. The largest absolute Gasteiger partial charge is 0.495 e. The fourth-order valence-corrected chi connectivity index (χ4v) is 4.84. The van der Waals surface area contributed by atoms with Gasteiger partial charge in [-0.3, -0.25) is 14.1 Å². The molecule has 0 amide bonds. The van der Waals surface area contributed by atoms with Crippen molar-refractivity contribution < 1.29 is 30.8 Å². The number of benzene rings is 2. The van der Waals surface area contributed by atoms with Crippen LogP contribution >= 0.6 is 0 Å². The molecule has 1 aliphatic rings. The number of nitrogens with one attached hydrogen (secondary N) is 1. The van der Waals surface area contributed by atoms with Gasteiger partial charge in [0, 0.05) is 35.6 Å². The number of pyridine rings is 1. The van der Waals surface area contributed by atoms with Crippen LogP contribution in [0.4, 0.5) is 19.0 Å². The SMILES string of the molecule is COc1cc(C2CC2(F)F)c(F)cc1-n1c(=O)ccc2cc(S(=O)(=O)Nc3ccon3)ccc21. The van der Waals surface area contributed by atoms with E-state index in [0.717, 1.165) is 10.6 Å². The number of sulfonamides is 1. The predicted molar refractivity (Wildman–Crippen MR) is 116 cm³/mol. The van der Waals surface area contributed by atoms with Crippen molar-refractivity contribution in [2.45, 2.75) is 23.2 Å². The number of nitrogens with zero attached hydrogens (tertiary/aromatic N) is 2. The zero-order valence-corrected chi connectivity index (χ0v) is 18.3. The van der Waals surface area contributed by atoms with Gasteiger partial charge < -0.3 is 9.26 Å². The Labute approximate surface area is 190 Å². The number of rotatable bonds is 6. The topological polar surface area (TPSA) is 103 Å². The number of halogens is 3. The van der Waals surface area contributed by atoms with E-state index in [2.05, 4.69) is 14.4 Å². The van der Waals surface area contributed by atoms with Crippen molar-refractivity contribution in [3.63, 3.8) is 0 Å². The quantitative estimate of drug-likeness (QED) is 0.437. The maximum Gasteiger partial charge on any atom is 0.263 e. The molecular formula is C22H16F3N3O5S. The number of fused-ring (bicyclic) bond motifs is 1. The van der Waals surface area contributed by atoms with Gasteiger partial charge in [0.2, 0.25) is 0 Å². The van der Waals surface area contributed by atoms with Gasteiger partial charge >= 0.3 is 0 Å². The molecule has 1 aliphatic carbocycles. The molecule has 8 nitrogen and oxygen atoms in total. The van der Waals surface area contributed by atoms with Gasteiger partial charge in [0.1, 0.15) is 17.8 Å². The minimum Gasteiger partial charge on any atom is -0.495 e. The fraction of sp³-hybridized carbons (Fsp3) is 0.182. The van der Waals surface area contributed by atoms with Gasteiger partial charge in [0.05, 0.1) is 29.1 Å². The Morgan fingerprint density at radius 2 is 1.94 bits per heavy atom. The zero-order valence-electron chi connectivity index (χ0n) is 17.5. The van der Waals surface area contributed by atoms with E-state index >= 15 is 0 Å². The van der Waals surface area contributed by atoms with Gasteiger partial charge in [-0.05, 0) is 30.3 Å². The molecule has 176 valence electrons. The van der Waals surface area contributed by atoms with Crippen LogP contribution in [-0.4, -0.2) is 31.2 Å². The molecule has 2 aromatic heterocycles. The maximum atomic E-state index is 14.8. The molecule has 0 saturated heterocycles. The Morgan fingerprint density at radius 1 is 1.18 bits per heavy atom. The second-order valence-corrected chi connectivity index (χ2v) is 9.46. The molecular weight excluding hydrogens is 475 g/mol. The molecule has 2 aromatic carbocycles. The van der Waals surface area contributed by atoms with Crippen LogP contribution in [0.25, 0.3) is 16.6 Å². The van der Waals surface area contributed by atoms with Crippen molar-refractivity contribution in [1.29, 1.82) is 0 Å². The van der Waals surface area contributed by atoms with Gasteiger partial charge in [-0.25, -0.2) is 21.6 Å². The summed E-state index contributed by atoms with van der Waals surface area (Å²) in [7, 11) is -2.74. The third-order valence-corrected chi connectivity index (χ3v) is 6.95. The first-order valence-electron chi connectivity index (χ1n) is 9.95. The number of alkyl halides is 2. The third kappa shape index (κ3) is 3.69. The van der Waals surface area contributed by atoms with Crippen LogP contribution in [0.3, 0.4) is 0 Å². The van der Waals surface area contributed by atoms with E-state index < -0.39 is 39.7 Å². The highest BCUT2D eigenvalue weighted by Gasteiger charge is 2.58. The second-order valence-electron chi connectivity index (χ2n) is 7.78. The van der Waals surface area contributed by atoms with Crippen LogP contribution < -0.4 is 15.0 Å². The molecule has 1 fully saturated rings. The molecule has 0 spiro atoms. The monoisotopic (exact) mass is 491 g/mol. The first kappa shape index (κ1) is 22.0. The number of methoxy groups -OCH3 is 1. The van der Waals surface area contributed by atoms with Crippen molar-refractivity contribution in [2.75, 3.05) is 11.8 Å². The minimum atomic E-state index is -4.02. The number of ether oxygens (including phenoxy) is 1. The Hall–Kier alpha value is -3.80. The number of hydrogen-bond donors (Lipinski definition) is 1. The van der Waals surface area contributed by atoms with Gasteiger partial charge in [0.25, 0.3) is 21.5 Å². The highest BCUT2D eigenvalue weighted by atomic mass is 32.2. The first-order chi connectivity index (χ1) is 16.1. The molecule has 12 heteroatoms. The van der Waals surface area contributed by atoms with Crippen molar-refractivity contribution in [3.05, 3.63) is 76.5 Å². The third-order valence-electron chi connectivity index (χ3n) is 5.59. The predicted octanol–water partition coefficient (Wildman–Crippen LogP) is 4.05. The molecule has 1 atom stereocenters. The lowest BCUT2D eigenvalue weighted by atomic mass is 10.1. The van der Waals surface area contributed by atoms with Crippen LogP contribution in [0.5, 0.6) is 5.75 Å². The van der Waals surface area contributed by atoms with Gasteiger partial charge in [-0.1, -0.05) is 5.16 Å². The summed E-state index contributed by atoms with van der Waals surface area (Å²) in [5.41, 5.74) is -0.480. The summed E-state index contributed by atoms with van der Waals surface area (Å²) in [6.07, 6.45) is 0.749. The standard InChI is InChI=1S/C22H16F3N3O5S/c1-32-19-9-14(15-11-22(15,24)25)16(23)10-18(19)28-17-4-3-13(8-12(17)2-5-21(28)29)34(30,31)27-20-6-7-33-26-20/h2-10,15H,11H2,1H3,(H,26,27). The van der Waals surface area contributed by atoms with Crippen LogP contribution in [0.2, 0.25) is 0 Å². The van der Waals surface area contributed by atoms with Gasteiger partial charge in [0.15, 0.2) is 5.82 Å². The Bertz CT molecular complexity index is 1580. The molecule has 0 aliphatic heterocycles. The summed E-state index contributed by atoms with van der Waals surface area (Å²) >= 11 is 0. The highest BCUT2D eigenvalue weighted by molar-refractivity contribution is 7.92. The summed E-state index contributed by atoms with van der Waals surface area (Å²) in [4.78, 5) is 12.6. The molecule has 0 radical (unpaired) electrons. The highest BCUT2D eigenvalue weighted by Crippen LogP contribution is 2.57. The van der Waals surface area contributed by atoms with Crippen LogP contribution in [0.1, 0.15) is 17.9 Å². The summed E-state index contributed by atoms with van der Waals surface area (Å²) in [6, 6.07) is 10.1. The van der Waals surface area contributed by atoms with Crippen LogP contribution in [-0.2, 0) is 10.0 Å². The van der Waals surface area contributed by atoms with Gasteiger partial charge in [-0.2, -0.15) is 0 Å². The van der Waals surface area contributed by atoms with Crippen LogP contribution in [0.15, 0.2) is 69.0 Å². The average Bonchev–Trinajstić information content (AvgIpc) is 3.15. The molecule has 2 heterocycles. The summed E-state index contributed by atoms with van der Waals surface area (Å²) in [5, 5.41) is 3.86. The van der Waals surface area contributed by atoms with E-state index in [1.165, 1.54) is 55.8 Å². The van der Waals surface area contributed by atoms with E-state index in [4.69, 9.17) is 4.74 Å². The maximum absolute atomic E-state index is 14.8. The van der Waals surface area contributed by atoms with Crippen molar-refractivity contribution in [2.24, 2.45) is 0 Å².